The van der Waals surface area contributed by atoms with Crippen molar-refractivity contribution < 1.29 is 42.9 Å². The Labute approximate surface area is 251 Å². The summed E-state index contributed by atoms with van der Waals surface area (Å²) in [6.07, 6.45) is -2.24. The molecular formula is C31H40N2O10. The third-order valence-electron chi connectivity index (χ3n) is 7.46. The summed E-state index contributed by atoms with van der Waals surface area (Å²) >= 11 is 0. The van der Waals surface area contributed by atoms with Crippen molar-refractivity contribution in [1.82, 2.24) is 0 Å². The van der Waals surface area contributed by atoms with Gasteiger partial charge in [0.2, 0.25) is 17.8 Å². The fourth-order valence-corrected chi connectivity index (χ4v) is 5.37. The minimum Gasteiger partial charge on any atom is -0.490 e. The van der Waals surface area contributed by atoms with E-state index in [0.29, 0.717) is 40.9 Å². The first-order valence-electron chi connectivity index (χ1n) is 14.3. The number of nitrogens with zero attached hydrogens (tertiary/aromatic N) is 2. The number of carbonyl (C=O) groups is 1. The Bertz CT molecular complexity index is 1300. The molecule has 1 aliphatic rings. The van der Waals surface area contributed by atoms with E-state index in [9.17, 15) is 20.2 Å². The van der Waals surface area contributed by atoms with Gasteiger partial charge in [-0.1, -0.05) is 26.0 Å². The van der Waals surface area contributed by atoms with Gasteiger partial charge in [-0.25, -0.2) is 0 Å². The number of fused-ring (bicyclic) bond motifs is 1. The average Bonchev–Trinajstić information content (AvgIpc) is 3.39. The van der Waals surface area contributed by atoms with Gasteiger partial charge in [-0.2, -0.15) is 5.26 Å². The summed E-state index contributed by atoms with van der Waals surface area (Å²) in [7, 11) is 2.95. The first kappa shape index (κ1) is 33.1. The van der Waals surface area contributed by atoms with Crippen molar-refractivity contribution in [2.45, 2.75) is 77.7 Å². The number of methoxy groups -OCH3 is 2. The summed E-state index contributed by atoms with van der Waals surface area (Å²) in [5, 5.41) is 23.1. The van der Waals surface area contributed by atoms with Crippen LogP contribution in [-0.2, 0) is 14.9 Å². The molecule has 2 aromatic carbocycles. The standard InChI is InChI=1S/C31H40N2O10/c1-8-39-26-16-21(28(40-9-2)30(38-7)29(26)37-6)31(18-32,19(3)4)15-14-23(41-20(5)34)22(33(35)36)17-27-42-24-12-10-11-13-25(24)43-27/h10-13,16,19,22-23,27H,8-9,14-15,17H2,1-7H3. The molecule has 0 N–H and O–H groups in total. The van der Waals surface area contributed by atoms with E-state index in [0.717, 1.165) is 0 Å². The van der Waals surface area contributed by atoms with E-state index < -0.39 is 34.7 Å². The predicted octanol–water partition coefficient (Wildman–Crippen LogP) is 5.46. The maximum Gasteiger partial charge on any atom is 0.303 e. The summed E-state index contributed by atoms with van der Waals surface area (Å²) in [6, 6.07) is 9.74. The molecule has 0 aliphatic carbocycles. The molecule has 234 valence electrons. The first-order valence-corrected chi connectivity index (χ1v) is 14.3. The van der Waals surface area contributed by atoms with Crippen LogP contribution in [0.25, 0.3) is 0 Å². The number of hydrogen-bond acceptors (Lipinski definition) is 11. The normalized spacial score (nSPS) is 15.1. The van der Waals surface area contributed by atoms with Gasteiger partial charge in [0.1, 0.15) is 0 Å². The van der Waals surface area contributed by atoms with Gasteiger partial charge in [0.15, 0.2) is 29.1 Å². The van der Waals surface area contributed by atoms with Crippen LogP contribution in [0.1, 0.15) is 59.4 Å². The van der Waals surface area contributed by atoms with Crippen molar-refractivity contribution in [2.75, 3.05) is 27.4 Å². The zero-order valence-electron chi connectivity index (χ0n) is 25.7. The van der Waals surface area contributed by atoms with E-state index in [1.807, 2.05) is 20.8 Å². The Kier molecular flexibility index (Phi) is 11.3. The highest BCUT2D eigenvalue weighted by atomic mass is 16.7. The number of nitro groups is 1. The monoisotopic (exact) mass is 600 g/mol. The molecule has 12 nitrogen and oxygen atoms in total. The summed E-state index contributed by atoms with van der Waals surface area (Å²) in [4.78, 5) is 24.0. The van der Waals surface area contributed by atoms with Crippen molar-refractivity contribution >= 4 is 5.97 Å². The molecule has 2 aromatic rings. The van der Waals surface area contributed by atoms with Crippen LogP contribution in [0.15, 0.2) is 30.3 Å². The SMILES string of the molecule is CCOc1cc(C(C#N)(CCC(OC(C)=O)C(CC2Oc3ccccc3O2)[N+](=O)[O-])C(C)C)c(OCC)c(OC)c1OC. The van der Waals surface area contributed by atoms with Crippen molar-refractivity contribution in [2.24, 2.45) is 5.92 Å². The molecule has 0 amide bonds. The molecule has 0 saturated carbocycles. The fourth-order valence-electron chi connectivity index (χ4n) is 5.37. The largest absolute Gasteiger partial charge is 0.490 e. The molecule has 0 radical (unpaired) electrons. The number of rotatable bonds is 16. The minimum atomic E-state index is -1.37. The van der Waals surface area contributed by atoms with E-state index in [-0.39, 0.29) is 37.5 Å². The summed E-state index contributed by atoms with van der Waals surface area (Å²) in [5.41, 5.74) is -0.781. The Morgan fingerprint density at radius 3 is 2.14 bits per heavy atom. The molecule has 1 heterocycles. The molecule has 3 unspecified atom stereocenters. The fraction of sp³-hybridized carbons (Fsp3) is 0.548. The Morgan fingerprint density at radius 1 is 1.07 bits per heavy atom. The van der Waals surface area contributed by atoms with Crippen LogP contribution in [0.5, 0.6) is 34.5 Å². The molecule has 3 atom stereocenters. The second-order valence-electron chi connectivity index (χ2n) is 10.3. The van der Waals surface area contributed by atoms with Gasteiger partial charge < -0.3 is 33.2 Å². The topological polar surface area (TPSA) is 149 Å². The third-order valence-corrected chi connectivity index (χ3v) is 7.46. The molecule has 0 spiro atoms. The number of para-hydroxylation sites is 2. The number of carbonyl (C=O) groups excluding carboxylic acids is 1. The molecule has 3 rings (SSSR count). The lowest BCUT2D eigenvalue weighted by atomic mass is 9.68. The van der Waals surface area contributed by atoms with Crippen LogP contribution in [0, 0.1) is 27.4 Å². The lowest BCUT2D eigenvalue weighted by Crippen LogP contribution is -2.43. The number of ether oxygens (including phenoxy) is 7. The van der Waals surface area contributed by atoms with Gasteiger partial charge in [0.05, 0.1) is 45.3 Å². The highest BCUT2D eigenvalue weighted by Crippen LogP contribution is 2.53. The van der Waals surface area contributed by atoms with E-state index in [2.05, 4.69) is 6.07 Å². The lowest BCUT2D eigenvalue weighted by molar-refractivity contribution is -0.537. The highest BCUT2D eigenvalue weighted by molar-refractivity contribution is 5.66. The average molecular weight is 601 g/mol. The molecule has 12 heteroatoms. The van der Waals surface area contributed by atoms with Crippen molar-refractivity contribution in [1.29, 1.82) is 5.26 Å². The van der Waals surface area contributed by atoms with Crippen LogP contribution in [0.3, 0.4) is 0 Å². The van der Waals surface area contributed by atoms with Crippen molar-refractivity contribution in [3.8, 4) is 40.6 Å². The van der Waals surface area contributed by atoms with E-state index >= 15 is 0 Å². The van der Waals surface area contributed by atoms with E-state index in [1.54, 1.807) is 37.3 Å². The number of esters is 1. The molecular weight excluding hydrogens is 560 g/mol. The number of nitriles is 1. The Balaban J connectivity index is 2.04. The van der Waals surface area contributed by atoms with Crippen LogP contribution < -0.4 is 28.4 Å². The Morgan fingerprint density at radius 2 is 1.67 bits per heavy atom. The van der Waals surface area contributed by atoms with Crippen LogP contribution in [0.4, 0.5) is 0 Å². The van der Waals surface area contributed by atoms with Crippen LogP contribution >= 0.6 is 0 Å². The third kappa shape index (κ3) is 7.16. The molecule has 0 saturated heterocycles. The molecule has 0 fully saturated rings. The second kappa shape index (κ2) is 14.7. The van der Waals surface area contributed by atoms with Gasteiger partial charge in [0.25, 0.3) is 6.04 Å². The summed E-state index contributed by atoms with van der Waals surface area (Å²) in [6.45, 7) is 9.15. The van der Waals surface area contributed by atoms with Gasteiger partial charge in [-0.3, -0.25) is 14.9 Å². The summed E-state index contributed by atoms with van der Waals surface area (Å²) < 4.78 is 40.2. The number of hydrogen-bond donors (Lipinski definition) is 0. The maximum absolute atomic E-state index is 12.4. The quantitative estimate of drug-likeness (QED) is 0.137. The van der Waals surface area contributed by atoms with Crippen molar-refractivity contribution in [3.63, 3.8) is 0 Å². The number of benzene rings is 2. The van der Waals surface area contributed by atoms with Gasteiger partial charge >= 0.3 is 5.97 Å². The molecule has 1 aliphatic heterocycles. The Hall–Kier alpha value is -4.40. The van der Waals surface area contributed by atoms with Crippen LogP contribution in [0.2, 0.25) is 0 Å². The van der Waals surface area contributed by atoms with E-state index in [4.69, 9.17) is 33.2 Å². The molecule has 43 heavy (non-hydrogen) atoms. The zero-order valence-corrected chi connectivity index (χ0v) is 25.7. The van der Waals surface area contributed by atoms with Crippen molar-refractivity contribution in [3.05, 3.63) is 46.0 Å². The second-order valence-corrected chi connectivity index (χ2v) is 10.3. The van der Waals surface area contributed by atoms with Gasteiger partial charge in [-0.05, 0) is 50.8 Å². The smallest absolute Gasteiger partial charge is 0.303 e. The first-order chi connectivity index (χ1) is 20.6. The highest BCUT2D eigenvalue weighted by Gasteiger charge is 2.45. The lowest BCUT2D eigenvalue weighted by Gasteiger charge is -2.35. The minimum absolute atomic E-state index is 0.0134. The van der Waals surface area contributed by atoms with Gasteiger partial charge in [0, 0.05) is 17.4 Å². The maximum atomic E-state index is 12.4. The molecule has 0 bridgehead atoms. The summed E-state index contributed by atoms with van der Waals surface area (Å²) in [5.74, 6) is 1.20. The zero-order chi connectivity index (χ0) is 31.7. The molecule has 0 aromatic heterocycles. The van der Waals surface area contributed by atoms with E-state index in [1.165, 1.54) is 21.1 Å². The predicted molar refractivity (Wildman–Crippen MR) is 156 cm³/mol. The van der Waals surface area contributed by atoms with Gasteiger partial charge in [-0.15, -0.1) is 0 Å². The van der Waals surface area contributed by atoms with Crippen LogP contribution in [-0.4, -0.2) is 56.8 Å².